The highest BCUT2D eigenvalue weighted by Gasteiger charge is 2.48. The van der Waals surface area contributed by atoms with Crippen LogP contribution < -0.4 is 5.32 Å². The number of nitrogens with one attached hydrogen (secondary N) is 1. The number of carbonyl (C=O) groups excluding carboxylic acids is 3. The van der Waals surface area contributed by atoms with E-state index in [1.165, 1.54) is 17.4 Å². The van der Waals surface area contributed by atoms with Gasteiger partial charge in [-0.3, -0.25) is 19.4 Å². The summed E-state index contributed by atoms with van der Waals surface area (Å²) in [5.74, 6) is -1.04. The Balaban J connectivity index is 1.41. The predicted octanol–water partition coefficient (Wildman–Crippen LogP) is 4.96. The SMILES string of the molecule is CC(=O)N1CC[C@@H](C(=O)N2C[C@H](F)C[C@H]2C(=O)N[C@@H](c2ccccc2)c2ccc(C(C)C)cc2)[C@@H]1c1cccnc1. The molecule has 0 radical (unpaired) electrons. The first kappa shape index (κ1) is 28.5. The van der Waals surface area contributed by atoms with Crippen molar-refractivity contribution < 1.29 is 18.8 Å². The topological polar surface area (TPSA) is 82.6 Å². The molecular weight excluding hydrogens is 519 g/mol. The molecule has 0 spiro atoms. The van der Waals surface area contributed by atoms with Gasteiger partial charge in [-0.1, -0.05) is 74.5 Å². The molecule has 0 aliphatic carbocycles. The molecule has 2 fully saturated rings. The van der Waals surface area contributed by atoms with E-state index in [0.717, 1.165) is 16.7 Å². The Morgan fingerprint density at radius 1 is 0.927 bits per heavy atom. The highest BCUT2D eigenvalue weighted by molar-refractivity contribution is 5.90. The van der Waals surface area contributed by atoms with E-state index in [4.69, 9.17) is 0 Å². The zero-order chi connectivity index (χ0) is 29.1. The van der Waals surface area contributed by atoms with Gasteiger partial charge in [0.25, 0.3) is 0 Å². The summed E-state index contributed by atoms with van der Waals surface area (Å²) in [6, 6.07) is 19.5. The lowest BCUT2D eigenvalue weighted by Crippen LogP contribution is -2.49. The third-order valence-electron chi connectivity index (χ3n) is 8.34. The van der Waals surface area contributed by atoms with Gasteiger partial charge in [-0.25, -0.2) is 4.39 Å². The number of rotatable bonds is 7. The molecule has 3 amide bonds. The number of likely N-dealkylation sites (tertiary alicyclic amines) is 2. The first-order valence-corrected chi connectivity index (χ1v) is 14.3. The van der Waals surface area contributed by atoms with Gasteiger partial charge in [-0.05, 0) is 40.7 Å². The number of pyridine rings is 1. The summed E-state index contributed by atoms with van der Waals surface area (Å²) in [6.45, 7) is 6.01. The number of nitrogens with zero attached hydrogens (tertiary/aromatic N) is 3. The Labute approximate surface area is 240 Å². The summed E-state index contributed by atoms with van der Waals surface area (Å²) >= 11 is 0. The van der Waals surface area contributed by atoms with Crippen molar-refractivity contribution in [3.63, 3.8) is 0 Å². The Morgan fingerprint density at radius 3 is 2.24 bits per heavy atom. The van der Waals surface area contributed by atoms with Gasteiger partial charge in [0.05, 0.1) is 24.5 Å². The summed E-state index contributed by atoms with van der Waals surface area (Å²) in [4.78, 5) is 47.5. The van der Waals surface area contributed by atoms with Gasteiger partial charge in [0.15, 0.2) is 0 Å². The average molecular weight is 557 g/mol. The number of halogens is 1. The molecule has 0 saturated carbocycles. The van der Waals surface area contributed by atoms with Crippen LogP contribution in [0.25, 0.3) is 0 Å². The molecule has 7 nitrogen and oxygen atoms in total. The second kappa shape index (κ2) is 12.2. The fourth-order valence-corrected chi connectivity index (χ4v) is 6.17. The fourth-order valence-electron chi connectivity index (χ4n) is 6.17. The molecule has 2 aliphatic rings. The summed E-state index contributed by atoms with van der Waals surface area (Å²) < 4.78 is 14.9. The third kappa shape index (κ3) is 6.01. The van der Waals surface area contributed by atoms with Crippen molar-refractivity contribution in [2.75, 3.05) is 13.1 Å². The molecular formula is C33H37FN4O3. The molecule has 1 aromatic heterocycles. The number of amides is 3. The van der Waals surface area contributed by atoms with Crippen LogP contribution in [0.5, 0.6) is 0 Å². The number of benzene rings is 2. The van der Waals surface area contributed by atoms with Crippen LogP contribution in [0, 0.1) is 5.92 Å². The van der Waals surface area contributed by atoms with Crippen LogP contribution >= 0.6 is 0 Å². The van der Waals surface area contributed by atoms with E-state index in [-0.39, 0.29) is 30.7 Å². The molecule has 2 aromatic carbocycles. The lowest BCUT2D eigenvalue weighted by atomic mass is 9.92. The molecule has 8 heteroatoms. The van der Waals surface area contributed by atoms with Gasteiger partial charge in [-0.15, -0.1) is 0 Å². The van der Waals surface area contributed by atoms with Crippen molar-refractivity contribution in [1.29, 1.82) is 0 Å². The standard InChI is InChI=1S/C33H37FN4O3/c1-21(2)23-11-13-25(14-12-23)30(24-8-5-4-6-9-24)36-32(40)29-18-27(34)20-38(29)33(41)28-15-17-37(22(3)39)31(28)26-10-7-16-35-19-26/h4-14,16,19,21,27-31H,15,17-18,20H2,1-3H3,(H,36,40)/t27-,28-,29+,30+,31+/m1/s1. The molecule has 0 unspecified atom stereocenters. The molecule has 2 saturated heterocycles. The molecule has 3 aromatic rings. The highest BCUT2D eigenvalue weighted by atomic mass is 19.1. The van der Waals surface area contributed by atoms with Crippen LogP contribution in [-0.4, -0.2) is 57.8 Å². The molecule has 1 N–H and O–H groups in total. The number of hydrogen-bond donors (Lipinski definition) is 1. The van der Waals surface area contributed by atoms with Gasteiger partial charge in [0.1, 0.15) is 12.2 Å². The highest BCUT2D eigenvalue weighted by Crippen LogP contribution is 2.40. The lowest BCUT2D eigenvalue weighted by Gasteiger charge is -2.32. The first-order valence-electron chi connectivity index (χ1n) is 14.3. The minimum Gasteiger partial charge on any atom is -0.343 e. The Kier molecular flexibility index (Phi) is 8.47. The van der Waals surface area contributed by atoms with Gasteiger partial charge in [0, 0.05) is 32.3 Å². The molecule has 214 valence electrons. The maximum absolute atomic E-state index is 14.9. The Bertz CT molecular complexity index is 1370. The van der Waals surface area contributed by atoms with E-state index in [2.05, 4.69) is 36.3 Å². The van der Waals surface area contributed by atoms with Crippen molar-refractivity contribution >= 4 is 17.7 Å². The maximum Gasteiger partial charge on any atom is 0.243 e. The van der Waals surface area contributed by atoms with E-state index >= 15 is 0 Å². The first-order chi connectivity index (χ1) is 19.7. The van der Waals surface area contributed by atoms with Gasteiger partial charge < -0.3 is 15.1 Å². The molecule has 2 aliphatic heterocycles. The summed E-state index contributed by atoms with van der Waals surface area (Å²) in [5.41, 5.74) is 3.75. The summed E-state index contributed by atoms with van der Waals surface area (Å²) in [5, 5.41) is 3.13. The summed E-state index contributed by atoms with van der Waals surface area (Å²) in [6.07, 6.45) is 2.37. The molecule has 5 atom stereocenters. The van der Waals surface area contributed by atoms with Gasteiger partial charge in [-0.2, -0.15) is 0 Å². The second-order valence-electron chi connectivity index (χ2n) is 11.4. The monoisotopic (exact) mass is 556 g/mol. The van der Waals surface area contributed by atoms with Crippen molar-refractivity contribution in [3.8, 4) is 0 Å². The van der Waals surface area contributed by atoms with Crippen molar-refractivity contribution in [2.45, 2.75) is 63.8 Å². The minimum absolute atomic E-state index is 0.0634. The third-order valence-corrected chi connectivity index (χ3v) is 8.34. The van der Waals surface area contributed by atoms with E-state index in [1.807, 2.05) is 48.5 Å². The van der Waals surface area contributed by atoms with Gasteiger partial charge in [0.2, 0.25) is 17.7 Å². The second-order valence-corrected chi connectivity index (χ2v) is 11.4. The van der Waals surface area contributed by atoms with Crippen molar-refractivity contribution in [1.82, 2.24) is 20.1 Å². The number of alkyl halides is 1. The van der Waals surface area contributed by atoms with E-state index in [9.17, 15) is 18.8 Å². The molecule has 3 heterocycles. The van der Waals surface area contributed by atoms with E-state index < -0.39 is 30.2 Å². The Hall–Kier alpha value is -4.07. The predicted molar refractivity (Wildman–Crippen MR) is 154 cm³/mol. The zero-order valence-electron chi connectivity index (χ0n) is 23.7. The molecule has 5 rings (SSSR count). The fraction of sp³-hybridized carbons (Fsp3) is 0.394. The smallest absolute Gasteiger partial charge is 0.243 e. The molecule has 0 bridgehead atoms. The van der Waals surface area contributed by atoms with Crippen molar-refractivity contribution in [2.24, 2.45) is 5.92 Å². The Morgan fingerprint density at radius 2 is 1.61 bits per heavy atom. The summed E-state index contributed by atoms with van der Waals surface area (Å²) in [7, 11) is 0. The quantitative estimate of drug-likeness (QED) is 0.446. The lowest BCUT2D eigenvalue weighted by molar-refractivity contribution is -0.143. The van der Waals surface area contributed by atoms with E-state index in [0.29, 0.717) is 18.9 Å². The van der Waals surface area contributed by atoms with Crippen LogP contribution in [0.15, 0.2) is 79.1 Å². The normalized spacial score (nSPS) is 23.0. The van der Waals surface area contributed by atoms with Crippen LogP contribution in [0.1, 0.15) is 73.9 Å². The van der Waals surface area contributed by atoms with E-state index in [1.54, 1.807) is 23.4 Å². The average Bonchev–Trinajstić information content (AvgIpc) is 3.61. The largest absolute Gasteiger partial charge is 0.343 e. The van der Waals surface area contributed by atoms with Crippen LogP contribution in [-0.2, 0) is 14.4 Å². The van der Waals surface area contributed by atoms with Crippen LogP contribution in [0.2, 0.25) is 0 Å². The van der Waals surface area contributed by atoms with Crippen LogP contribution in [0.4, 0.5) is 4.39 Å². The van der Waals surface area contributed by atoms with Crippen molar-refractivity contribution in [3.05, 3.63) is 101 Å². The minimum atomic E-state index is -1.31. The maximum atomic E-state index is 14.9. The van der Waals surface area contributed by atoms with Crippen LogP contribution in [0.3, 0.4) is 0 Å². The zero-order valence-corrected chi connectivity index (χ0v) is 23.7. The number of hydrogen-bond acceptors (Lipinski definition) is 4. The number of carbonyl (C=O) groups is 3. The van der Waals surface area contributed by atoms with Gasteiger partial charge >= 0.3 is 0 Å². The number of aromatic nitrogens is 1. The molecule has 41 heavy (non-hydrogen) atoms.